The Bertz CT molecular complexity index is 351. The average molecular weight is 233 g/mol. The van der Waals surface area contributed by atoms with E-state index >= 15 is 0 Å². The molecule has 0 aliphatic carbocycles. The van der Waals surface area contributed by atoms with E-state index in [1.807, 2.05) is 0 Å². The molecule has 2 aliphatic heterocycles. The lowest BCUT2D eigenvalue weighted by Gasteiger charge is -2.31. The van der Waals surface area contributed by atoms with Gasteiger partial charge in [0.15, 0.2) is 0 Å². The van der Waals surface area contributed by atoms with Crippen LogP contribution in [0.4, 0.5) is 0 Å². The molecule has 2 aliphatic rings. The topological polar surface area (TPSA) is 36.5 Å². The van der Waals surface area contributed by atoms with Crippen LogP contribution in [0.3, 0.4) is 0 Å². The van der Waals surface area contributed by atoms with Crippen LogP contribution >= 0.6 is 0 Å². The van der Waals surface area contributed by atoms with Crippen molar-refractivity contribution in [2.75, 3.05) is 26.3 Å². The van der Waals surface area contributed by atoms with Gasteiger partial charge >= 0.3 is 0 Å². The van der Waals surface area contributed by atoms with E-state index in [0.29, 0.717) is 12.2 Å². The molecule has 2 heterocycles. The predicted octanol–water partition coefficient (Wildman–Crippen LogP) is 0.884. The molecule has 0 saturated carbocycles. The zero-order chi connectivity index (χ0) is 11.5. The van der Waals surface area contributed by atoms with E-state index in [4.69, 9.17) is 4.74 Å². The molecule has 1 aromatic carbocycles. The molecule has 1 aromatic rings. The normalized spacial score (nSPS) is 30.6. The first-order chi connectivity index (χ1) is 8.43. The van der Waals surface area contributed by atoms with Gasteiger partial charge in [0.25, 0.3) is 0 Å². The molecule has 92 valence electrons. The molecule has 2 fully saturated rings. The van der Waals surface area contributed by atoms with Gasteiger partial charge in [0.05, 0.1) is 19.4 Å². The number of nitrogens with one attached hydrogen (secondary N) is 2. The summed E-state index contributed by atoms with van der Waals surface area (Å²) in [6, 6.07) is 11.0. The maximum absolute atomic E-state index is 5.38. The zero-order valence-corrected chi connectivity index (χ0v) is 9.93. The Kier molecular flexibility index (Phi) is 3.38. The Hall–Kier alpha value is -0.940. The lowest BCUT2D eigenvalue weighted by Crippen LogP contribution is -2.49. The van der Waals surface area contributed by atoms with Gasteiger partial charge in [-0.25, -0.2) is 10.9 Å². The minimum Gasteiger partial charge on any atom is -0.379 e. The van der Waals surface area contributed by atoms with Crippen LogP contribution in [-0.2, 0) is 4.74 Å². The van der Waals surface area contributed by atoms with Crippen molar-refractivity contribution in [1.82, 2.24) is 15.8 Å². The van der Waals surface area contributed by atoms with Gasteiger partial charge in [-0.15, -0.1) is 0 Å². The lowest BCUT2D eigenvalue weighted by molar-refractivity contribution is 0.0119. The van der Waals surface area contributed by atoms with Crippen molar-refractivity contribution in [2.24, 2.45) is 0 Å². The van der Waals surface area contributed by atoms with Crippen molar-refractivity contribution < 1.29 is 4.74 Å². The Labute approximate surface area is 102 Å². The maximum Gasteiger partial charge on any atom is 0.0749 e. The molecule has 0 amide bonds. The largest absolute Gasteiger partial charge is 0.379 e. The SMILES string of the molecule is c1ccc(C2CC(N3CCOCC3)NN2)cc1. The van der Waals surface area contributed by atoms with Gasteiger partial charge in [-0.1, -0.05) is 30.3 Å². The number of benzene rings is 1. The number of hydrazine groups is 1. The average Bonchev–Trinajstić information content (AvgIpc) is 2.90. The predicted molar refractivity (Wildman–Crippen MR) is 66.3 cm³/mol. The van der Waals surface area contributed by atoms with Crippen LogP contribution in [0.15, 0.2) is 30.3 Å². The van der Waals surface area contributed by atoms with E-state index < -0.39 is 0 Å². The first-order valence-electron chi connectivity index (χ1n) is 6.31. The second-order valence-corrected chi connectivity index (χ2v) is 4.65. The van der Waals surface area contributed by atoms with Crippen LogP contribution in [0.5, 0.6) is 0 Å². The second kappa shape index (κ2) is 5.14. The molecule has 2 unspecified atom stereocenters. The number of hydrogen-bond acceptors (Lipinski definition) is 4. The third kappa shape index (κ3) is 2.50. The van der Waals surface area contributed by atoms with Crippen LogP contribution in [0.1, 0.15) is 18.0 Å². The fourth-order valence-corrected chi connectivity index (χ4v) is 2.57. The molecule has 17 heavy (non-hydrogen) atoms. The van der Waals surface area contributed by atoms with Crippen LogP contribution in [0.25, 0.3) is 0 Å². The van der Waals surface area contributed by atoms with Crippen molar-refractivity contribution in [3.8, 4) is 0 Å². The van der Waals surface area contributed by atoms with E-state index in [1.54, 1.807) is 0 Å². The van der Waals surface area contributed by atoms with Gasteiger partial charge in [-0.3, -0.25) is 4.90 Å². The summed E-state index contributed by atoms with van der Waals surface area (Å²) < 4.78 is 5.38. The molecule has 4 nitrogen and oxygen atoms in total. The molecule has 3 rings (SSSR count). The second-order valence-electron chi connectivity index (χ2n) is 4.65. The minimum atomic E-state index is 0.420. The van der Waals surface area contributed by atoms with Gasteiger partial charge in [-0.05, 0) is 12.0 Å². The van der Waals surface area contributed by atoms with Crippen molar-refractivity contribution in [1.29, 1.82) is 0 Å². The van der Waals surface area contributed by atoms with E-state index in [0.717, 1.165) is 32.7 Å². The quantitative estimate of drug-likeness (QED) is 0.795. The van der Waals surface area contributed by atoms with Crippen LogP contribution in [0, 0.1) is 0 Å². The van der Waals surface area contributed by atoms with E-state index in [-0.39, 0.29) is 0 Å². The first-order valence-corrected chi connectivity index (χ1v) is 6.31. The lowest BCUT2D eigenvalue weighted by atomic mass is 10.0. The van der Waals surface area contributed by atoms with Crippen molar-refractivity contribution in [3.63, 3.8) is 0 Å². The van der Waals surface area contributed by atoms with Gasteiger partial charge in [-0.2, -0.15) is 0 Å². The molecule has 0 spiro atoms. The molecule has 0 radical (unpaired) electrons. The Morgan fingerprint density at radius 3 is 2.59 bits per heavy atom. The number of ether oxygens (including phenoxy) is 1. The highest BCUT2D eigenvalue weighted by Crippen LogP contribution is 2.23. The molecule has 0 aromatic heterocycles. The Morgan fingerprint density at radius 1 is 1.06 bits per heavy atom. The summed E-state index contributed by atoms with van der Waals surface area (Å²) in [5.74, 6) is 0. The Balaban J connectivity index is 1.61. The summed E-state index contributed by atoms with van der Waals surface area (Å²) in [6.07, 6.45) is 1.55. The number of nitrogens with zero attached hydrogens (tertiary/aromatic N) is 1. The number of morpholine rings is 1. The van der Waals surface area contributed by atoms with Gasteiger partial charge in [0.2, 0.25) is 0 Å². The van der Waals surface area contributed by atoms with Gasteiger partial charge in [0.1, 0.15) is 0 Å². The third-order valence-corrected chi connectivity index (χ3v) is 3.57. The highest BCUT2D eigenvalue weighted by molar-refractivity contribution is 5.19. The molecule has 2 N–H and O–H groups in total. The monoisotopic (exact) mass is 233 g/mol. The zero-order valence-electron chi connectivity index (χ0n) is 9.93. The van der Waals surface area contributed by atoms with Gasteiger partial charge in [0, 0.05) is 19.1 Å². The third-order valence-electron chi connectivity index (χ3n) is 3.57. The highest BCUT2D eigenvalue weighted by atomic mass is 16.5. The number of rotatable bonds is 2. The van der Waals surface area contributed by atoms with Crippen LogP contribution < -0.4 is 10.9 Å². The van der Waals surface area contributed by atoms with Crippen molar-refractivity contribution in [2.45, 2.75) is 18.6 Å². The van der Waals surface area contributed by atoms with E-state index in [9.17, 15) is 0 Å². The fourth-order valence-electron chi connectivity index (χ4n) is 2.57. The van der Waals surface area contributed by atoms with Crippen LogP contribution in [-0.4, -0.2) is 37.4 Å². The minimum absolute atomic E-state index is 0.420. The van der Waals surface area contributed by atoms with Crippen molar-refractivity contribution >= 4 is 0 Å². The maximum atomic E-state index is 5.38. The molecule has 2 saturated heterocycles. The van der Waals surface area contributed by atoms with E-state index in [2.05, 4.69) is 46.1 Å². The first kappa shape index (κ1) is 11.2. The summed E-state index contributed by atoms with van der Waals surface area (Å²) >= 11 is 0. The summed E-state index contributed by atoms with van der Waals surface area (Å²) in [7, 11) is 0. The summed E-state index contributed by atoms with van der Waals surface area (Å²) in [4.78, 5) is 2.46. The fraction of sp³-hybridized carbons (Fsp3) is 0.538. The molecule has 2 atom stereocenters. The van der Waals surface area contributed by atoms with Crippen molar-refractivity contribution in [3.05, 3.63) is 35.9 Å². The van der Waals surface area contributed by atoms with Gasteiger partial charge < -0.3 is 4.74 Å². The standard InChI is InChI=1S/C13H19N3O/c1-2-4-11(5-3-1)12-10-13(15-14-12)16-6-8-17-9-7-16/h1-5,12-15H,6-10H2. The smallest absolute Gasteiger partial charge is 0.0749 e. The summed E-state index contributed by atoms with van der Waals surface area (Å²) in [5.41, 5.74) is 8.14. The molecule has 4 heteroatoms. The van der Waals surface area contributed by atoms with Crippen LogP contribution in [0.2, 0.25) is 0 Å². The molecular formula is C13H19N3O. The Morgan fingerprint density at radius 2 is 1.82 bits per heavy atom. The molecular weight excluding hydrogens is 214 g/mol. The highest BCUT2D eigenvalue weighted by Gasteiger charge is 2.29. The number of hydrogen-bond donors (Lipinski definition) is 2. The molecule has 0 bridgehead atoms. The summed E-state index contributed by atoms with van der Waals surface area (Å²) in [6.45, 7) is 3.77. The summed E-state index contributed by atoms with van der Waals surface area (Å²) in [5, 5.41) is 0. The van der Waals surface area contributed by atoms with E-state index in [1.165, 1.54) is 5.56 Å².